The van der Waals surface area contributed by atoms with E-state index in [1.807, 2.05) is 0 Å². The van der Waals surface area contributed by atoms with Gasteiger partial charge in [-0.05, 0) is 38.8 Å². The van der Waals surface area contributed by atoms with E-state index in [4.69, 9.17) is 4.74 Å². The molecule has 1 fully saturated rings. The molecule has 0 amide bonds. The van der Waals surface area contributed by atoms with E-state index in [1.54, 1.807) is 7.11 Å². The fourth-order valence-electron chi connectivity index (χ4n) is 4.09. The lowest BCUT2D eigenvalue weighted by molar-refractivity contribution is 0.339. The van der Waals surface area contributed by atoms with Crippen molar-refractivity contribution in [1.82, 2.24) is 0 Å². The number of likely N-dealkylation sites (N-methyl/N-ethyl adjacent to an activating group) is 2. The third-order valence-electron chi connectivity index (χ3n) is 4.98. The van der Waals surface area contributed by atoms with Gasteiger partial charge < -0.3 is 14.5 Å². The summed E-state index contributed by atoms with van der Waals surface area (Å²) in [5.41, 5.74) is 2.75. The van der Waals surface area contributed by atoms with Crippen LogP contribution in [0.2, 0.25) is 0 Å². The largest absolute Gasteiger partial charge is 0.497 e. The van der Waals surface area contributed by atoms with E-state index in [0.29, 0.717) is 12.1 Å². The number of nitrogens with zero attached hydrogens (tertiary/aromatic N) is 2. The molecule has 3 nitrogen and oxygen atoms in total. The zero-order valence-electron chi connectivity index (χ0n) is 12.9. The molecule has 1 aromatic rings. The molecule has 1 heterocycles. The summed E-state index contributed by atoms with van der Waals surface area (Å²) < 4.78 is 5.43. The maximum Gasteiger partial charge on any atom is 0.121 e. The van der Waals surface area contributed by atoms with Gasteiger partial charge in [-0.2, -0.15) is 0 Å². The molecule has 1 saturated carbocycles. The van der Waals surface area contributed by atoms with Crippen molar-refractivity contribution >= 4 is 11.4 Å². The van der Waals surface area contributed by atoms with Crippen LogP contribution in [-0.2, 0) is 0 Å². The lowest BCUT2D eigenvalue weighted by atomic mass is 9.85. The maximum atomic E-state index is 5.43. The van der Waals surface area contributed by atoms with Crippen LogP contribution in [0.15, 0.2) is 18.2 Å². The van der Waals surface area contributed by atoms with Crippen molar-refractivity contribution in [2.75, 3.05) is 30.0 Å². The number of methoxy groups -OCH3 is 1. The topological polar surface area (TPSA) is 15.7 Å². The predicted octanol–water partition coefficient (Wildman–Crippen LogP) is 3.67. The Balaban J connectivity index is 2.08. The lowest BCUT2D eigenvalue weighted by Gasteiger charge is -2.52. The number of rotatable bonds is 3. The Kier molecular flexibility index (Phi) is 3.77. The second kappa shape index (κ2) is 5.55. The molecule has 0 radical (unpaired) electrons. The van der Waals surface area contributed by atoms with Crippen LogP contribution in [0, 0.1) is 0 Å². The summed E-state index contributed by atoms with van der Waals surface area (Å²) in [5.74, 6) is 0.965. The van der Waals surface area contributed by atoms with Crippen LogP contribution in [0.1, 0.15) is 39.5 Å². The minimum Gasteiger partial charge on any atom is -0.497 e. The van der Waals surface area contributed by atoms with Crippen LogP contribution in [0.3, 0.4) is 0 Å². The molecular weight excluding hydrogens is 248 g/mol. The Bertz CT molecular complexity index is 474. The first-order chi connectivity index (χ1) is 9.80. The van der Waals surface area contributed by atoms with E-state index in [2.05, 4.69) is 41.8 Å². The first kappa shape index (κ1) is 13.6. The molecule has 20 heavy (non-hydrogen) atoms. The fraction of sp³-hybridized carbons (Fsp3) is 0.647. The quantitative estimate of drug-likeness (QED) is 0.836. The molecule has 0 saturated heterocycles. The van der Waals surface area contributed by atoms with Crippen LogP contribution in [-0.4, -0.2) is 32.3 Å². The average Bonchev–Trinajstić information content (AvgIpc) is 2.51. The Morgan fingerprint density at radius 1 is 1.00 bits per heavy atom. The summed E-state index contributed by atoms with van der Waals surface area (Å²) in [5, 5.41) is 0. The zero-order valence-corrected chi connectivity index (χ0v) is 12.9. The van der Waals surface area contributed by atoms with Crippen molar-refractivity contribution in [3.05, 3.63) is 18.2 Å². The summed E-state index contributed by atoms with van der Waals surface area (Å²) >= 11 is 0. The van der Waals surface area contributed by atoms with Crippen molar-refractivity contribution in [2.45, 2.75) is 51.6 Å². The Morgan fingerprint density at radius 3 is 2.15 bits per heavy atom. The van der Waals surface area contributed by atoms with E-state index in [1.165, 1.54) is 37.1 Å². The van der Waals surface area contributed by atoms with E-state index in [9.17, 15) is 0 Å². The number of anilines is 2. The first-order valence-electron chi connectivity index (χ1n) is 8.01. The van der Waals surface area contributed by atoms with Gasteiger partial charge in [0, 0.05) is 31.2 Å². The predicted molar refractivity (Wildman–Crippen MR) is 85.1 cm³/mol. The molecule has 0 bridgehead atoms. The van der Waals surface area contributed by atoms with Gasteiger partial charge in [-0.3, -0.25) is 0 Å². The summed E-state index contributed by atoms with van der Waals surface area (Å²) in [7, 11) is 1.75. The van der Waals surface area contributed by atoms with Crippen molar-refractivity contribution in [3.63, 3.8) is 0 Å². The van der Waals surface area contributed by atoms with E-state index in [-0.39, 0.29) is 0 Å². The summed E-state index contributed by atoms with van der Waals surface area (Å²) in [6, 6.07) is 7.92. The van der Waals surface area contributed by atoms with Crippen molar-refractivity contribution < 1.29 is 4.74 Å². The van der Waals surface area contributed by atoms with Gasteiger partial charge in [0.1, 0.15) is 5.75 Å². The highest BCUT2D eigenvalue weighted by molar-refractivity contribution is 5.76. The highest BCUT2D eigenvalue weighted by atomic mass is 16.5. The van der Waals surface area contributed by atoms with Gasteiger partial charge in [-0.1, -0.05) is 12.8 Å². The zero-order chi connectivity index (χ0) is 14.1. The maximum absolute atomic E-state index is 5.43. The van der Waals surface area contributed by atoms with Crippen LogP contribution in [0.4, 0.5) is 11.4 Å². The van der Waals surface area contributed by atoms with Gasteiger partial charge in [0.25, 0.3) is 0 Å². The number of fused-ring (bicyclic) bond motifs is 2. The van der Waals surface area contributed by atoms with Crippen LogP contribution in [0.25, 0.3) is 0 Å². The van der Waals surface area contributed by atoms with Gasteiger partial charge in [-0.15, -0.1) is 0 Å². The first-order valence-corrected chi connectivity index (χ1v) is 8.01. The minimum absolute atomic E-state index is 0.674. The van der Waals surface area contributed by atoms with Gasteiger partial charge >= 0.3 is 0 Å². The van der Waals surface area contributed by atoms with Gasteiger partial charge in [-0.25, -0.2) is 0 Å². The van der Waals surface area contributed by atoms with E-state index < -0.39 is 0 Å². The van der Waals surface area contributed by atoms with Gasteiger partial charge in [0.15, 0.2) is 0 Å². The summed E-state index contributed by atoms with van der Waals surface area (Å²) in [6.07, 6.45) is 5.40. The highest BCUT2D eigenvalue weighted by Gasteiger charge is 2.39. The molecule has 3 heteroatoms. The SMILES string of the molecule is CCN1c2ccc(OC)cc2N(CC)C2CCCCC21. The Morgan fingerprint density at radius 2 is 1.60 bits per heavy atom. The number of ether oxygens (including phenoxy) is 1. The van der Waals surface area contributed by atoms with Crippen LogP contribution < -0.4 is 14.5 Å². The molecule has 0 spiro atoms. The minimum atomic E-state index is 0.674. The number of hydrogen-bond donors (Lipinski definition) is 0. The third-order valence-corrected chi connectivity index (χ3v) is 4.98. The molecule has 0 aromatic heterocycles. The third kappa shape index (κ3) is 2.04. The second-order valence-corrected chi connectivity index (χ2v) is 5.85. The van der Waals surface area contributed by atoms with Gasteiger partial charge in [0.2, 0.25) is 0 Å². The molecule has 2 aliphatic rings. The molecule has 1 aliphatic heterocycles. The van der Waals surface area contributed by atoms with E-state index in [0.717, 1.165) is 18.8 Å². The molecule has 2 unspecified atom stereocenters. The molecular formula is C17H26N2O. The number of hydrogen-bond acceptors (Lipinski definition) is 3. The van der Waals surface area contributed by atoms with Crippen molar-refractivity contribution in [1.29, 1.82) is 0 Å². The van der Waals surface area contributed by atoms with Crippen molar-refractivity contribution in [2.24, 2.45) is 0 Å². The Hall–Kier alpha value is -1.38. The molecule has 2 atom stereocenters. The normalized spacial score (nSPS) is 25.1. The average molecular weight is 274 g/mol. The van der Waals surface area contributed by atoms with E-state index >= 15 is 0 Å². The monoisotopic (exact) mass is 274 g/mol. The highest BCUT2D eigenvalue weighted by Crippen LogP contribution is 2.44. The second-order valence-electron chi connectivity index (χ2n) is 5.85. The molecule has 3 rings (SSSR count). The summed E-state index contributed by atoms with van der Waals surface area (Å²) in [4.78, 5) is 5.22. The van der Waals surface area contributed by atoms with Gasteiger partial charge in [0.05, 0.1) is 18.5 Å². The smallest absolute Gasteiger partial charge is 0.121 e. The number of benzene rings is 1. The van der Waals surface area contributed by atoms with Crippen LogP contribution >= 0.6 is 0 Å². The Labute approximate surface area is 122 Å². The molecule has 110 valence electrons. The molecule has 1 aromatic carbocycles. The summed E-state index contributed by atoms with van der Waals surface area (Å²) in [6.45, 7) is 6.73. The fourth-order valence-corrected chi connectivity index (χ4v) is 4.09. The molecule has 0 N–H and O–H groups in total. The van der Waals surface area contributed by atoms with Crippen molar-refractivity contribution in [3.8, 4) is 5.75 Å². The lowest BCUT2D eigenvalue weighted by Crippen LogP contribution is -2.57. The molecule has 1 aliphatic carbocycles. The van der Waals surface area contributed by atoms with Crippen LogP contribution in [0.5, 0.6) is 5.75 Å². The standard InChI is InChI=1S/C17H26N2O/c1-4-18-14-8-6-7-9-15(14)19(5-2)17-12-13(20-3)10-11-16(17)18/h10-12,14-15H,4-9H2,1-3H3.